The van der Waals surface area contributed by atoms with Gasteiger partial charge in [0, 0.05) is 38.8 Å². The summed E-state index contributed by atoms with van der Waals surface area (Å²) in [5, 5.41) is 0. The van der Waals surface area contributed by atoms with Crippen molar-refractivity contribution in [1.82, 2.24) is 4.90 Å². The fourth-order valence-electron chi connectivity index (χ4n) is 3.09. The smallest absolute Gasteiger partial charge is 0.222 e. The molecule has 0 radical (unpaired) electrons. The Morgan fingerprint density at radius 3 is 2.31 bits per heavy atom. The topological polar surface area (TPSA) is 32.8 Å². The van der Waals surface area contributed by atoms with Crippen molar-refractivity contribution in [3.63, 3.8) is 0 Å². The minimum Gasteiger partial charge on any atom is -0.378 e. The average Bonchev–Trinajstić information content (AvgIpc) is 2.68. The number of carbonyl (C=O) groups excluding carboxylic acids is 1. The molecule has 1 saturated heterocycles. The van der Waals surface area contributed by atoms with Crippen LogP contribution < -0.4 is 4.90 Å². The van der Waals surface area contributed by atoms with Crippen LogP contribution in [-0.2, 0) is 22.5 Å². The van der Waals surface area contributed by atoms with E-state index in [1.807, 2.05) is 7.05 Å². The van der Waals surface area contributed by atoms with Crippen molar-refractivity contribution in [3.05, 3.63) is 65.5 Å². The second-order valence-electron chi connectivity index (χ2n) is 6.64. The van der Waals surface area contributed by atoms with Gasteiger partial charge in [-0.15, -0.1) is 0 Å². The van der Waals surface area contributed by atoms with E-state index in [0.29, 0.717) is 19.4 Å². The van der Waals surface area contributed by atoms with Gasteiger partial charge in [0.25, 0.3) is 0 Å². The van der Waals surface area contributed by atoms with Crippen LogP contribution in [0.1, 0.15) is 17.5 Å². The third kappa shape index (κ3) is 5.05. The summed E-state index contributed by atoms with van der Waals surface area (Å²) in [6, 6.07) is 14.7. The zero-order valence-corrected chi connectivity index (χ0v) is 15.2. The normalized spacial score (nSPS) is 14.3. The van der Waals surface area contributed by atoms with Crippen molar-refractivity contribution in [2.45, 2.75) is 19.4 Å². The molecule has 0 unspecified atom stereocenters. The Labute approximate surface area is 154 Å². The van der Waals surface area contributed by atoms with Crippen LogP contribution in [0.25, 0.3) is 0 Å². The van der Waals surface area contributed by atoms with Crippen LogP contribution >= 0.6 is 0 Å². The molecule has 0 atom stereocenters. The highest BCUT2D eigenvalue weighted by Gasteiger charge is 2.12. The van der Waals surface area contributed by atoms with Gasteiger partial charge in [0.2, 0.25) is 5.91 Å². The van der Waals surface area contributed by atoms with Gasteiger partial charge >= 0.3 is 0 Å². The number of benzene rings is 2. The summed E-state index contributed by atoms with van der Waals surface area (Å²) in [6.07, 6.45) is 1.05. The van der Waals surface area contributed by atoms with Gasteiger partial charge in [-0.1, -0.05) is 24.3 Å². The zero-order valence-electron chi connectivity index (χ0n) is 15.2. The van der Waals surface area contributed by atoms with Crippen molar-refractivity contribution in [2.24, 2.45) is 0 Å². The second kappa shape index (κ2) is 8.81. The minimum absolute atomic E-state index is 0.0894. The van der Waals surface area contributed by atoms with E-state index in [2.05, 4.69) is 29.2 Å². The van der Waals surface area contributed by atoms with Crippen LogP contribution in [0.15, 0.2) is 48.5 Å². The molecule has 138 valence electrons. The van der Waals surface area contributed by atoms with Gasteiger partial charge in [-0.3, -0.25) is 4.79 Å². The monoisotopic (exact) mass is 356 g/mol. The number of carbonyl (C=O) groups is 1. The fraction of sp³-hybridized carbons (Fsp3) is 0.381. The molecule has 5 heteroatoms. The van der Waals surface area contributed by atoms with Crippen LogP contribution in [0, 0.1) is 5.82 Å². The third-order valence-corrected chi connectivity index (χ3v) is 4.70. The number of aryl methyl sites for hydroxylation is 1. The molecule has 0 aliphatic carbocycles. The number of ether oxygens (including phenoxy) is 1. The predicted octanol–water partition coefficient (Wildman–Crippen LogP) is 3.25. The Morgan fingerprint density at radius 2 is 1.65 bits per heavy atom. The van der Waals surface area contributed by atoms with Crippen LogP contribution in [0.4, 0.5) is 10.1 Å². The Morgan fingerprint density at radius 1 is 1.04 bits per heavy atom. The van der Waals surface area contributed by atoms with Gasteiger partial charge in [0.05, 0.1) is 13.2 Å². The highest BCUT2D eigenvalue weighted by molar-refractivity contribution is 5.76. The van der Waals surface area contributed by atoms with Crippen molar-refractivity contribution in [3.8, 4) is 0 Å². The number of nitrogens with zero attached hydrogens (tertiary/aromatic N) is 2. The van der Waals surface area contributed by atoms with Crippen molar-refractivity contribution in [2.75, 3.05) is 38.3 Å². The van der Waals surface area contributed by atoms with Crippen molar-refractivity contribution >= 4 is 11.6 Å². The van der Waals surface area contributed by atoms with Crippen LogP contribution in [0.3, 0.4) is 0 Å². The predicted molar refractivity (Wildman–Crippen MR) is 101 cm³/mol. The van der Waals surface area contributed by atoms with Crippen molar-refractivity contribution in [1.29, 1.82) is 0 Å². The Kier molecular flexibility index (Phi) is 6.23. The summed E-state index contributed by atoms with van der Waals surface area (Å²) < 4.78 is 18.3. The first kappa shape index (κ1) is 18.4. The molecule has 2 aromatic rings. The molecule has 0 bridgehead atoms. The Bertz CT molecular complexity index is 710. The number of rotatable bonds is 6. The molecule has 26 heavy (non-hydrogen) atoms. The lowest BCUT2D eigenvalue weighted by molar-refractivity contribution is -0.130. The number of hydrogen-bond acceptors (Lipinski definition) is 3. The number of halogens is 1. The molecule has 0 aromatic heterocycles. The zero-order chi connectivity index (χ0) is 18.4. The Hall–Kier alpha value is -2.40. The van der Waals surface area contributed by atoms with E-state index in [0.717, 1.165) is 37.4 Å². The molecule has 1 heterocycles. The molecule has 0 spiro atoms. The van der Waals surface area contributed by atoms with Crippen LogP contribution in [0.2, 0.25) is 0 Å². The molecule has 2 aromatic carbocycles. The lowest BCUT2D eigenvalue weighted by Gasteiger charge is -2.29. The van der Waals surface area contributed by atoms with E-state index < -0.39 is 0 Å². The van der Waals surface area contributed by atoms with E-state index in [4.69, 9.17) is 4.74 Å². The summed E-state index contributed by atoms with van der Waals surface area (Å²) in [5.74, 6) is -0.163. The first-order chi connectivity index (χ1) is 12.6. The molecule has 1 aliphatic heterocycles. The largest absolute Gasteiger partial charge is 0.378 e. The SMILES string of the molecule is CN(Cc1ccc(N2CCOCC2)cc1)C(=O)CCc1ccc(F)cc1. The van der Waals surface area contributed by atoms with Gasteiger partial charge in [-0.25, -0.2) is 4.39 Å². The number of morpholine rings is 1. The number of amides is 1. The van der Waals surface area contributed by atoms with Gasteiger partial charge in [-0.2, -0.15) is 0 Å². The quantitative estimate of drug-likeness (QED) is 0.796. The first-order valence-corrected chi connectivity index (χ1v) is 9.02. The second-order valence-corrected chi connectivity index (χ2v) is 6.64. The van der Waals surface area contributed by atoms with E-state index in [9.17, 15) is 9.18 Å². The molecule has 1 aliphatic rings. The summed E-state index contributed by atoms with van der Waals surface area (Å²) in [4.78, 5) is 16.4. The van der Waals surface area contributed by atoms with Gasteiger partial charge in [0.1, 0.15) is 5.82 Å². The van der Waals surface area contributed by atoms with Crippen molar-refractivity contribution < 1.29 is 13.9 Å². The Balaban J connectivity index is 1.49. The molecule has 4 nitrogen and oxygen atoms in total. The van der Waals surface area contributed by atoms with Crippen LogP contribution in [-0.4, -0.2) is 44.2 Å². The maximum Gasteiger partial charge on any atom is 0.222 e. The molecule has 3 rings (SSSR count). The maximum atomic E-state index is 12.9. The standard InChI is InChI=1S/C21H25FN2O2/c1-23(21(25)11-6-17-2-7-19(22)8-3-17)16-18-4-9-20(10-5-18)24-12-14-26-15-13-24/h2-5,7-10H,6,11-16H2,1H3. The van der Waals surface area contributed by atoms with E-state index in [1.54, 1.807) is 17.0 Å². The molecule has 0 N–H and O–H groups in total. The molecule has 0 saturated carbocycles. The number of anilines is 1. The lowest BCUT2D eigenvalue weighted by Crippen LogP contribution is -2.36. The van der Waals surface area contributed by atoms with Gasteiger partial charge in [0.15, 0.2) is 0 Å². The number of hydrogen-bond donors (Lipinski definition) is 0. The van der Waals surface area contributed by atoms with E-state index in [-0.39, 0.29) is 11.7 Å². The third-order valence-electron chi connectivity index (χ3n) is 4.70. The van der Waals surface area contributed by atoms with Crippen LogP contribution in [0.5, 0.6) is 0 Å². The van der Waals surface area contributed by atoms with E-state index >= 15 is 0 Å². The minimum atomic E-state index is -0.252. The summed E-state index contributed by atoms with van der Waals surface area (Å²) in [6.45, 7) is 3.97. The molecular formula is C21H25FN2O2. The first-order valence-electron chi connectivity index (χ1n) is 9.02. The fourth-order valence-corrected chi connectivity index (χ4v) is 3.09. The average molecular weight is 356 g/mol. The van der Waals surface area contributed by atoms with E-state index in [1.165, 1.54) is 17.8 Å². The summed E-state index contributed by atoms with van der Waals surface area (Å²) in [7, 11) is 1.82. The highest BCUT2D eigenvalue weighted by Crippen LogP contribution is 2.17. The lowest BCUT2D eigenvalue weighted by atomic mass is 10.1. The summed E-state index contributed by atoms with van der Waals surface area (Å²) >= 11 is 0. The maximum absolute atomic E-state index is 12.9. The van der Waals surface area contributed by atoms with Gasteiger partial charge < -0.3 is 14.5 Å². The molecular weight excluding hydrogens is 331 g/mol. The highest BCUT2D eigenvalue weighted by atomic mass is 19.1. The molecule has 1 fully saturated rings. The summed E-state index contributed by atoms with van der Waals surface area (Å²) in [5.41, 5.74) is 3.28. The molecule has 1 amide bonds. The van der Waals surface area contributed by atoms with Gasteiger partial charge in [-0.05, 0) is 41.8 Å².